The fraction of sp³-hybridized carbons (Fsp3) is 1.00. The van der Waals surface area contributed by atoms with E-state index in [0.29, 0.717) is 19.1 Å². The first-order chi connectivity index (χ1) is 6.79. The summed E-state index contributed by atoms with van der Waals surface area (Å²) in [6.07, 6.45) is 2.37. The van der Waals surface area contributed by atoms with Crippen LogP contribution >= 0.6 is 0 Å². The largest absolute Gasteiger partial charge is 0.394 e. The second-order valence-corrected chi connectivity index (χ2v) is 3.94. The highest BCUT2D eigenvalue weighted by atomic mass is 16.5. The lowest BCUT2D eigenvalue weighted by molar-refractivity contribution is 0.0431. The van der Waals surface area contributed by atoms with Gasteiger partial charge in [-0.15, -0.1) is 0 Å². The highest BCUT2D eigenvalue weighted by molar-refractivity contribution is 5.00. The molecule has 4 heteroatoms. The van der Waals surface area contributed by atoms with Crippen molar-refractivity contribution in [1.82, 2.24) is 5.32 Å². The van der Waals surface area contributed by atoms with Crippen LogP contribution in [-0.2, 0) is 9.47 Å². The Morgan fingerprint density at radius 2 is 2.07 bits per heavy atom. The van der Waals surface area contributed by atoms with Crippen LogP contribution in [0.1, 0.15) is 12.8 Å². The van der Waals surface area contributed by atoms with Crippen molar-refractivity contribution in [3.05, 3.63) is 0 Å². The molecule has 14 heavy (non-hydrogen) atoms. The molecule has 1 aliphatic rings. The van der Waals surface area contributed by atoms with Gasteiger partial charge in [-0.3, -0.25) is 0 Å². The van der Waals surface area contributed by atoms with Crippen LogP contribution in [0.3, 0.4) is 0 Å². The minimum atomic E-state index is -0.243. The Labute approximate surface area is 85.6 Å². The first-order valence-electron chi connectivity index (χ1n) is 5.13. The number of ether oxygens (including phenoxy) is 2. The summed E-state index contributed by atoms with van der Waals surface area (Å²) in [5.41, 5.74) is -0.243. The Balaban J connectivity index is 2.40. The zero-order valence-electron chi connectivity index (χ0n) is 9.08. The van der Waals surface area contributed by atoms with E-state index in [0.717, 1.165) is 6.54 Å². The predicted molar refractivity (Wildman–Crippen MR) is 54.3 cm³/mol. The molecule has 4 nitrogen and oxygen atoms in total. The van der Waals surface area contributed by atoms with Gasteiger partial charge in [-0.1, -0.05) is 0 Å². The van der Waals surface area contributed by atoms with E-state index in [-0.39, 0.29) is 12.1 Å². The first kappa shape index (κ1) is 11.9. The summed E-state index contributed by atoms with van der Waals surface area (Å²) in [4.78, 5) is 0. The topological polar surface area (TPSA) is 50.7 Å². The van der Waals surface area contributed by atoms with Gasteiger partial charge >= 0.3 is 0 Å². The third-order valence-corrected chi connectivity index (χ3v) is 2.83. The van der Waals surface area contributed by atoms with Crippen LogP contribution in [0.25, 0.3) is 0 Å². The highest BCUT2D eigenvalue weighted by Crippen LogP contribution is 2.39. The number of hydrogen-bond donors (Lipinski definition) is 2. The van der Waals surface area contributed by atoms with Gasteiger partial charge < -0.3 is 19.9 Å². The molecule has 0 amide bonds. The number of hydrogen-bond acceptors (Lipinski definition) is 4. The summed E-state index contributed by atoms with van der Waals surface area (Å²) >= 11 is 0. The molecule has 1 atom stereocenters. The van der Waals surface area contributed by atoms with Gasteiger partial charge in [0.05, 0.1) is 25.4 Å². The van der Waals surface area contributed by atoms with Gasteiger partial charge in [0.15, 0.2) is 0 Å². The monoisotopic (exact) mass is 203 g/mol. The number of aliphatic hydroxyl groups excluding tert-OH is 1. The summed E-state index contributed by atoms with van der Waals surface area (Å²) in [6, 6.07) is 0. The summed E-state index contributed by atoms with van der Waals surface area (Å²) in [5.74, 6) is 0.560. The lowest BCUT2D eigenvalue weighted by Gasteiger charge is -2.32. The molecule has 1 saturated carbocycles. The molecule has 0 spiro atoms. The summed E-state index contributed by atoms with van der Waals surface area (Å²) in [5, 5.41) is 12.8. The highest BCUT2D eigenvalue weighted by Gasteiger charge is 2.44. The molecule has 0 aromatic rings. The summed E-state index contributed by atoms with van der Waals surface area (Å²) in [7, 11) is 3.35. The maximum Gasteiger partial charge on any atom is 0.0680 e. The van der Waals surface area contributed by atoms with Crippen LogP contribution in [0.2, 0.25) is 0 Å². The van der Waals surface area contributed by atoms with Crippen molar-refractivity contribution < 1.29 is 14.6 Å². The number of methoxy groups -OCH3 is 2. The van der Waals surface area contributed by atoms with Crippen LogP contribution in [0.15, 0.2) is 0 Å². The van der Waals surface area contributed by atoms with E-state index < -0.39 is 0 Å². The second kappa shape index (κ2) is 5.66. The fourth-order valence-corrected chi connectivity index (χ4v) is 1.84. The van der Waals surface area contributed by atoms with E-state index in [1.165, 1.54) is 12.8 Å². The molecule has 1 fully saturated rings. The average Bonchev–Trinajstić information content (AvgIpc) is 3.00. The molecule has 0 radical (unpaired) electrons. The summed E-state index contributed by atoms with van der Waals surface area (Å²) < 4.78 is 10.1. The van der Waals surface area contributed by atoms with Gasteiger partial charge in [-0.2, -0.15) is 0 Å². The SMILES string of the molecule is COCCNC(CO)(COC)C1CC1. The first-order valence-corrected chi connectivity index (χ1v) is 5.13. The van der Waals surface area contributed by atoms with Gasteiger partial charge in [0.25, 0.3) is 0 Å². The number of aliphatic hydroxyl groups is 1. The zero-order valence-corrected chi connectivity index (χ0v) is 9.08. The summed E-state index contributed by atoms with van der Waals surface area (Å²) in [6.45, 7) is 2.13. The van der Waals surface area contributed by atoms with E-state index >= 15 is 0 Å². The van der Waals surface area contributed by atoms with Crippen LogP contribution in [-0.4, -0.2) is 51.2 Å². The maximum atomic E-state index is 9.43. The van der Waals surface area contributed by atoms with Crippen molar-refractivity contribution >= 4 is 0 Å². The third kappa shape index (κ3) is 2.92. The van der Waals surface area contributed by atoms with E-state index in [1.807, 2.05) is 0 Å². The van der Waals surface area contributed by atoms with Crippen molar-refractivity contribution in [2.45, 2.75) is 18.4 Å². The van der Waals surface area contributed by atoms with Gasteiger partial charge in [0.2, 0.25) is 0 Å². The minimum absolute atomic E-state index is 0.134. The number of rotatable bonds is 8. The lowest BCUT2D eigenvalue weighted by Crippen LogP contribution is -2.55. The normalized spacial score (nSPS) is 20.8. The molecule has 84 valence electrons. The van der Waals surface area contributed by atoms with Crippen molar-refractivity contribution in [3.8, 4) is 0 Å². The Morgan fingerprint density at radius 1 is 1.36 bits per heavy atom. The van der Waals surface area contributed by atoms with Crippen LogP contribution < -0.4 is 5.32 Å². The van der Waals surface area contributed by atoms with Crippen molar-refractivity contribution in [1.29, 1.82) is 0 Å². The van der Waals surface area contributed by atoms with Crippen LogP contribution in [0.5, 0.6) is 0 Å². The molecule has 1 rings (SSSR count). The molecule has 2 N–H and O–H groups in total. The Kier molecular flexibility index (Phi) is 4.81. The maximum absolute atomic E-state index is 9.43. The van der Waals surface area contributed by atoms with Crippen LogP contribution in [0.4, 0.5) is 0 Å². The molecule has 0 aliphatic heterocycles. The van der Waals surface area contributed by atoms with E-state index in [2.05, 4.69) is 5.32 Å². The quantitative estimate of drug-likeness (QED) is 0.546. The molecule has 0 saturated heterocycles. The Bertz CT molecular complexity index is 161. The number of nitrogens with one attached hydrogen (secondary N) is 1. The van der Waals surface area contributed by atoms with Gasteiger partial charge in [0.1, 0.15) is 0 Å². The minimum Gasteiger partial charge on any atom is -0.394 e. The molecule has 0 aromatic carbocycles. The van der Waals surface area contributed by atoms with Crippen LogP contribution in [0, 0.1) is 5.92 Å². The second-order valence-electron chi connectivity index (χ2n) is 3.94. The van der Waals surface area contributed by atoms with Gasteiger partial charge in [-0.05, 0) is 18.8 Å². The molecule has 0 heterocycles. The molecular weight excluding hydrogens is 182 g/mol. The molecular formula is C10H21NO3. The standard InChI is InChI=1S/C10H21NO3/c1-13-6-5-11-10(7-12,8-14-2)9-3-4-9/h9,11-12H,3-8H2,1-2H3. The van der Waals surface area contributed by atoms with Gasteiger partial charge in [-0.25, -0.2) is 0 Å². The predicted octanol–water partition coefficient (Wildman–Crippen LogP) is 0.00990. The molecule has 0 bridgehead atoms. The third-order valence-electron chi connectivity index (χ3n) is 2.83. The van der Waals surface area contributed by atoms with E-state index in [1.54, 1.807) is 14.2 Å². The smallest absolute Gasteiger partial charge is 0.0680 e. The lowest BCUT2D eigenvalue weighted by atomic mass is 9.95. The molecule has 1 aliphatic carbocycles. The van der Waals surface area contributed by atoms with Crippen molar-refractivity contribution in [3.63, 3.8) is 0 Å². The van der Waals surface area contributed by atoms with E-state index in [9.17, 15) is 5.11 Å². The Hall–Kier alpha value is -0.160. The molecule has 1 unspecified atom stereocenters. The molecule has 0 aromatic heterocycles. The van der Waals surface area contributed by atoms with Crippen molar-refractivity contribution in [2.75, 3.05) is 40.6 Å². The van der Waals surface area contributed by atoms with Gasteiger partial charge in [0, 0.05) is 20.8 Å². The fourth-order valence-electron chi connectivity index (χ4n) is 1.84. The average molecular weight is 203 g/mol. The van der Waals surface area contributed by atoms with Crippen molar-refractivity contribution in [2.24, 2.45) is 5.92 Å². The van der Waals surface area contributed by atoms with E-state index in [4.69, 9.17) is 9.47 Å². The zero-order chi connectivity index (χ0) is 10.4. The Morgan fingerprint density at radius 3 is 2.50 bits per heavy atom.